The monoisotopic (exact) mass is 476 g/mol. The van der Waals surface area contributed by atoms with E-state index in [-0.39, 0.29) is 12.0 Å². The van der Waals surface area contributed by atoms with Crippen molar-refractivity contribution in [2.75, 3.05) is 25.2 Å². The molecule has 2 atom stereocenters. The molecule has 5 nitrogen and oxygen atoms in total. The van der Waals surface area contributed by atoms with Crippen LogP contribution in [-0.2, 0) is 0 Å². The fraction of sp³-hybridized carbons (Fsp3) is 0.391. The van der Waals surface area contributed by atoms with Crippen molar-refractivity contribution in [3.63, 3.8) is 0 Å². The molecule has 0 saturated carbocycles. The maximum absolute atomic E-state index is 6.57. The molecule has 2 aromatic rings. The Morgan fingerprint density at radius 3 is 2.45 bits per heavy atom. The van der Waals surface area contributed by atoms with Gasteiger partial charge in [0.05, 0.1) is 23.9 Å². The summed E-state index contributed by atoms with van der Waals surface area (Å²) in [6.45, 7) is 4.15. The van der Waals surface area contributed by atoms with Gasteiger partial charge in [-0.2, -0.15) is 5.10 Å². The Balaban J connectivity index is 1.67. The van der Waals surface area contributed by atoms with Crippen LogP contribution in [0.1, 0.15) is 37.8 Å². The third-order valence-electron chi connectivity index (χ3n) is 5.85. The Kier molecular flexibility index (Phi) is 7.02. The van der Waals surface area contributed by atoms with Crippen molar-refractivity contribution in [3.8, 4) is 5.75 Å². The van der Waals surface area contributed by atoms with Gasteiger partial charge >= 0.3 is 0 Å². The quantitative estimate of drug-likeness (QED) is 0.546. The first-order valence-corrected chi connectivity index (χ1v) is 11.7. The van der Waals surface area contributed by atoms with Crippen molar-refractivity contribution in [1.82, 2.24) is 10.4 Å². The van der Waals surface area contributed by atoms with E-state index in [9.17, 15) is 0 Å². The van der Waals surface area contributed by atoms with Crippen molar-refractivity contribution >= 4 is 51.8 Å². The molecule has 0 unspecified atom stereocenters. The van der Waals surface area contributed by atoms with Crippen LogP contribution in [0.15, 0.2) is 47.6 Å². The Hall–Kier alpha value is -1.86. The van der Waals surface area contributed by atoms with Crippen LogP contribution in [0.2, 0.25) is 10.0 Å². The summed E-state index contributed by atoms with van der Waals surface area (Å²) in [5.74, 6) is 0.874. The van der Waals surface area contributed by atoms with E-state index in [0.717, 1.165) is 35.8 Å². The Morgan fingerprint density at radius 1 is 1.10 bits per heavy atom. The average Bonchev–Trinajstić information content (AvgIpc) is 3.11. The van der Waals surface area contributed by atoms with Gasteiger partial charge in [0.15, 0.2) is 0 Å². The summed E-state index contributed by atoms with van der Waals surface area (Å²) in [6.07, 6.45) is 3.63. The molecule has 0 radical (unpaired) electrons. The lowest BCUT2D eigenvalue weighted by Crippen LogP contribution is -2.47. The molecule has 164 valence electrons. The molecule has 0 aliphatic carbocycles. The van der Waals surface area contributed by atoms with E-state index in [2.05, 4.69) is 29.5 Å². The van der Waals surface area contributed by atoms with E-state index in [1.54, 1.807) is 13.2 Å². The van der Waals surface area contributed by atoms with Crippen molar-refractivity contribution < 1.29 is 4.74 Å². The summed E-state index contributed by atoms with van der Waals surface area (Å²) in [5.41, 5.74) is 6.18. The summed E-state index contributed by atoms with van der Waals surface area (Å²) in [7, 11) is 1.67. The lowest BCUT2D eigenvalue weighted by Gasteiger charge is -2.29. The molecule has 0 bridgehead atoms. The number of piperidine rings is 1. The van der Waals surface area contributed by atoms with E-state index in [1.807, 2.05) is 29.3 Å². The summed E-state index contributed by atoms with van der Waals surface area (Å²) in [4.78, 5) is 0.667. The molecule has 2 aliphatic heterocycles. The summed E-state index contributed by atoms with van der Waals surface area (Å²) in [6, 6.07) is 13.5. The van der Waals surface area contributed by atoms with Gasteiger partial charge in [-0.25, -0.2) is 5.01 Å². The first kappa shape index (κ1) is 22.3. The van der Waals surface area contributed by atoms with Crippen LogP contribution < -0.4 is 15.2 Å². The third-order valence-corrected chi connectivity index (χ3v) is 6.68. The van der Waals surface area contributed by atoms with E-state index in [4.69, 9.17) is 45.3 Å². The number of hydrazine groups is 1. The number of nitrogens with zero attached hydrogens (tertiary/aromatic N) is 3. The minimum atomic E-state index is -0.0549. The maximum atomic E-state index is 6.57. The Morgan fingerprint density at radius 2 is 1.81 bits per heavy atom. The molecule has 4 rings (SSSR count). The van der Waals surface area contributed by atoms with Crippen LogP contribution in [0.4, 0.5) is 5.69 Å². The smallest absolute Gasteiger partial charge is 0.137 e. The molecule has 1 fully saturated rings. The van der Waals surface area contributed by atoms with Gasteiger partial charge in [-0.1, -0.05) is 60.9 Å². The molecular weight excluding hydrogens is 451 g/mol. The van der Waals surface area contributed by atoms with Crippen LogP contribution in [0, 0.1) is 5.92 Å². The molecule has 0 amide bonds. The largest absolute Gasteiger partial charge is 0.497 e. The zero-order valence-corrected chi connectivity index (χ0v) is 20.0. The lowest BCUT2D eigenvalue weighted by molar-refractivity contribution is 0.197. The van der Waals surface area contributed by atoms with E-state index in [0.29, 0.717) is 15.0 Å². The number of anilines is 1. The van der Waals surface area contributed by atoms with E-state index >= 15 is 0 Å². The number of thiocarbonyl (C=S) groups is 1. The highest BCUT2D eigenvalue weighted by atomic mass is 35.5. The standard InChI is InChI=1S/C23H26Cl2N4OS/c1-15-21(23(31)27-28-12-4-3-5-13-28)26-29(20-11-8-17(24)14-19(20)25)22(15)16-6-9-18(30-2)10-7-16/h6-11,14-15,22H,3-5,12-13H2,1-2H3,(H,27,31)/t15-,22+/m1/s1. The second-order valence-corrected chi connectivity index (χ2v) is 9.17. The number of nitrogens with one attached hydrogen (secondary N) is 1. The number of ether oxygens (including phenoxy) is 1. The van der Waals surface area contributed by atoms with Crippen molar-refractivity contribution in [3.05, 3.63) is 58.1 Å². The highest BCUT2D eigenvalue weighted by molar-refractivity contribution is 7.82. The topological polar surface area (TPSA) is 40.1 Å². The normalized spacial score (nSPS) is 21.7. The number of hydrogen-bond acceptors (Lipinski definition) is 5. The SMILES string of the molecule is COc1ccc([C@@H]2[C@H](C)C(C(=S)NN3CCCCC3)=NN2c2ccc(Cl)cc2Cl)cc1. The highest BCUT2D eigenvalue weighted by Gasteiger charge is 2.39. The second-order valence-electron chi connectivity index (χ2n) is 7.92. The molecular formula is C23H26Cl2N4OS. The first-order valence-electron chi connectivity index (χ1n) is 10.5. The van der Waals surface area contributed by atoms with Crippen LogP contribution in [0.5, 0.6) is 5.75 Å². The van der Waals surface area contributed by atoms with Gasteiger partial charge in [0, 0.05) is 24.0 Å². The fourth-order valence-corrected chi connectivity index (χ4v) is 5.04. The molecule has 0 spiro atoms. The van der Waals surface area contributed by atoms with E-state index < -0.39 is 0 Å². The number of rotatable bonds is 5. The minimum absolute atomic E-state index is 0.0549. The number of halogens is 2. The Bertz CT molecular complexity index is 976. The van der Waals surface area contributed by atoms with Crippen LogP contribution in [0.3, 0.4) is 0 Å². The fourth-order valence-electron chi connectivity index (χ4n) is 4.19. The third kappa shape index (κ3) is 4.82. The van der Waals surface area contributed by atoms with Crippen LogP contribution in [-0.4, -0.2) is 35.9 Å². The molecule has 0 aromatic heterocycles. The maximum Gasteiger partial charge on any atom is 0.137 e. The zero-order valence-electron chi connectivity index (χ0n) is 17.6. The predicted octanol–water partition coefficient (Wildman–Crippen LogP) is 5.87. The van der Waals surface area contributed by atoms with Gasteiger partial charge in [-0.05, 0) is 48.7 Å². The Labute approximate surface area is 198 Å². The van der Waals surface area contributed by atoms with Crippen molar-refractivity contribution in [2.45, 2.75) is 32.2 Å². The summed E-state index contributed by atoms with van der Waals surface area (Å²) in [5, 5.41) is 10.3. The number of methoxy groups -OCH3 is 1. The van der Waals surface area contributed by atoms with Crippen molar-refractivity contribution in [2.24, 2.45) is 11.0 Å². The lowest BCUT2D eigenvalue weighted by atomic mass is 9.91. The molecule has 2 aromatic carbocycles. The molecule has 31 heavy (non-hydrogen) atoms. The van der Waals surface area contributed by atoms with Crippen LogP contribution >= 0.6 is 35.4 Å². The van der Waals surface area contributed by atoms with Gasteiger partial charge in [-0.3, -0.25) is 5.01 Å². The van der Waals surface area contributed by atoms with Gasteiger partial charge in [0.2, 0.25) is 0 Å². The summed E-state index contributed by atoms with van der Waals surface area (Å²) >= 11 is 18.5. The molecule has 1 saturated heterocycles. The molecule has 8 heteroatoms. The average molecular weight is 477 g/mol. The minimum Gasteiger partial charge on any atom is -0.497 e. The van der Waals surface area contributed by atoms with Crippen LogP contribution in [0.25, 0.3) is 0 Å². The predicted molar refractivity (Wildman–Crippen MR) is 132 cm³/mol. The highest BCUT2D eigenvalue weighted by Crippen LogP contribution is 2.42. The number of hydrogen-bond donors (Lipinski definition) is 1. The van der Waals surface area contributed by atoms with Gasteiger partial charge < -0.3 is 10.2 Å². The number of hydrazone groups is 1. The van der Waals surface area contributed by atoms with Crippen molar-refractivity contribution in [1.29, 1.82) is 0 Å². The number of benzene rings is 2. The first-order chi connectivity index (χ1) is 15.0. The van der Waals surface area contributed by atoms with Gasteiger partial charge in [-0.15, -0.1) is 0 Å². The van der Waals surface area contributed by atoms with E-state index in [1.165, 1.54) is 19.3 Å². The zero-order chi connectivity index (χ0) is 22.0. The second kappa shape index (κ2) is 9.74. The molecule has 2 heterocycles. The van der Waals surface area contributed by atoms with Gasteiger partial charge in [0.1, 0.15) is 16.4 Å². The summed E-state index contributed by atoms with van der Waals surface area (Å²) < 4.78 is 5.33. The molecule has 1 N–H and O–H groups in total. The molecule has 2 aliphatic rings. The van der Waals surface area contributed by atoms with Gasteiger partial charge in [0.25, 0.3) is 0 Å².